The van der Waals surface area contributed by atoms with Crippen LogP contribution in [0.2, 0.25) is 0 Å². The Morgan fingerprint density at radius 1 is 1.59 bits per heavy atom. The van der Waals surface area contributed by atoms with E-state index in [1.54, 1.807) is 18.2 Å². The summed E-state index contributed by atoms with van der Waals surface area (Å²) in [6.07, 6.45) is 6.14. The molecule has 1 aliphatic heterocycles. The maximum atomic E-state index is 11.5. The molecule has 0 aromatic heterocycles. The molecule has 17 heavy (non-hydrogen) atoms. The molecule has 3 unspecified atom stereocenters. The minimum atomic E-state index is -3.82. The molecule has 2 N–H and O–H groups in total. The van der Waals surface area contributed by atoms with Crippen LogP contribution in [0.4, 0.5) is 0 Å². The molecule has 0 radical (unpaired) electrons. The average molecular weight is 277 g/mol. The summed E-state index contributed by atoms with van der Waals surface area (Å²) in [6, 6.07) is 0. The number of nitrogens with two attached hydrogens (primary N) is 1. The van der Waals surface area contributed by atoms with Crippen LogP contribution < -0.4 is 5.14 Å². The molecule has 0 saturated carbocycles. The Bertz CT molecular complexity index is 512. The number of hydrogen-bond acceptors (Lipinski definition) is 4. The Morgan fingerprint density at radius 3 is 2.82 bits per heavy atom. The molecule has 1 aliphatic carbocycles. The number of halogens is 1. The van der Waals surface area contributed by atoms with Crippen molar-refractivity contribution in [2.24, 2.45) is 10.1 Å². The lowest BCUT2D eigenvalue weighted by Crippen LogP contribution is -2.49. The van der Waals surface area contributed by atoms with Crippen molar-refractivity contribution in [3.8, 4) is 0 Å². The Hall–Kier alpha value is -0.850. The van der Waals surface area contributed by atoms with Crippen LogP contribution in [0.3, 0.4) is 0 Å². The van der Waals surface area contributed by atoms with E-state index in [1.807, 2.05) is 6.92 Å². The third-order valence-electron chi connectivity index (χ3n) is 2.64. The van der Waals surface area contributed by atoms with E-state index in [4.69, 9.17) is 21.5 Å². The van der Waals surface area contributed by atoms with Crippen molar-refractivity contribution in [1.29, 1.82) is 0 Å². The molecule has 0 bridgehead atoms. The molecule has 5 nitrogen and oxygen atoms in total. The second-order valence-corrected chi connectivity index (χ2v) is 6.41. The van der Waals surface area contributed by atoms with E-state index < -0.39 is 20.1 Å². The van der Waals surface area contributed by atoms with Crippen LogP contribution in [0.25, 0.3) is 0 Å². The Morgan fingerprint density at radius 2 is 2.29 bits per heavy atom. The lowest BCUT2D eigenvalue weighted by atomic mass is 9.99. The minimum Gasteiger partial charge on any atom is -0.474 e. The molecule has 3 atom stereocenters. The third kappa shape index (κ3) is 2.25. The predicted molar refractivity (Wildman–Crippen MR) is 66.6 cm³/mol. The number of sulfonamides is 1. The average Bonchev–Trinajstić information content (AvgIpc) is 2.64. The monoisotopic (exact) mass is 276 g/mol. The zero-order chi connectivity index (χ0) is 12.7. The van der Waals surface area contributed by atoms with E-state index >= 15 is 0 Å². The Labute approximate surface area is 105 Å². The predicted octanol–water partition coefficient (Wildman–Crippen LogP) is 0.564. The van der Waals surface area contributed by atoms with Crippen molar-refractivity contribution in [2.45, 2.75) is 23.2 Å². The number of aliphatic imine (C=N–C) groups is 1. The lowest BCUT2D eigenvalue weighted by Gasteiger charge is -2.30. The summed E-state index contributed by atoms with van der Waals surface area (Å²) >= 11 is 6.34. The summed E-state index contributed by atoms with van der Waals surface area (Å²) in [5.74, 6) is 0.214. The molecule has 0 aromatic carbocycles. The van der Waals surface area contributed by atoms with E-state index in [-0.39, 0.29) is 12.0 Å². The Kier molecular flexibility index (Phi) is 3.05. The fraction of sp³-hybridized carbons (Fsp3) is 0.500. The number of allylic oxidation sites excluding steroid dienone is 2. The van der Waals surface area contributed by atoms with Crippen LogP contribution in [0, 0.1) is 0 Å². The maximum absolute atomic E-state index is 11.5. The number of ether oxygens (including phenoxy) is 1. The first kappa shape index (κ1) is 12.6. The van der Waals surface area contributed by atoms with E-state index in [1.165, 1.54) is 6.08 Å². The zero-order valence-corrected chi connectivity index (χ0v) is 10.8. The van der Waals surface area contributed by atoms with Gasteiger partial charge in [-0.3, -0.25) is 0 Å². The van der Waals surface area contributed by atoms with E-state index in [0.717, 1.165) is 0 Å². The van der Waals surface area contributed by atoms with Gasteiger partial charge in [-0.15, -0.1) is 11.6 Å². The fourth-order valence-corrected chi connectivity index (χ4v) is 3.41. The third-order valence-corrected chi connectivity index (χ3v) is 4.53. The van der Waals surface area contributed by atoms with Gasteiger partial charge >= 0.3 is 0 Å². The lowest BCUT2D eigenvalue weighted by molar-refractivity contribution is 0.236. The van der Waals surface area contributed by atoms with Gasteiger partial charge < -0.3 is 4.74 Å². The van der Waals surface area contributed by atoms with Gasteiger partial charge in [0, 0.05) is 0 Å². The molecule has 0 aromatic rings. The summed E-state index contributed by atoms with van der Waals surface area (Å²) in [6.45, 7) is 2.31. The largest absolute Gasteiger partial charge is 0.474 e. The van der Waals surface area contributed by atoms with Gasteiger partial charge in [0.05, 0.1) is 6.54 Å². The van der Waals surface area contributed by atoms with Crippen LogP contribution >= 0.6 is 11.6 Å². The summed E-state index contributed by atoms with van der Waals surface area (Å²) in [5.41, 5.74) is 0. The molecule has 94 valence electrons. The van der Waals surface area contributed by atoms with Gasteiger partial charge in [-0.1, -0.05) is 24.3 Å². The second kappa shape index (κ2) is 4.12. The maximum Gasteiger partial charge on any atom is 0.218 e. The zero-order valence-electron chi connectivity index (χ0n) is 9.21. The van der Waals surface area contributed by atoms with E-state index in [9.17, 15) is 8.42 Å². The highest BCUT2D eigenvalue weighted by Gasteiger charge is 2.48. The highest BCUT2D eigenvalue weighted by atomic mass is 35.5. The molecule has 2 rings (SSSR count). The number of hydrogen-bond donors (Lipinski definition) is 1. The number of rotatable bonds is 2. The molecular weight excluding hydrogens is 264 g/mol. The standard InChI is InChI=1S/C10H13ClN2O3S/c1-7-6-13-9(16-7)10(11)5-3-2-4-8(10)17(12,14)15/h2-5,7-8H,6H2,1H3,(H2,12,14,15). The first-order chi connectivity index (χ1) is 7.84. The van der Waals surface area contributed by atoms with Crippen LogP contribution in [0.15, 0.2) is 29.3 Å². The van der Waals surface area contributed by atoms with Crippen LogP contribution in [0.1, 0.15) is 6.92 Å². The first-order valence-electron chi connectivity index (χ1n) is 5.12. The normalized spacial score (nSPS) is 36.8. The van der Waals surface area contributed by atoms with Gasteiger partial charge in [-0.2, -0.15) is 0 Å². The number of primary sulfonamides is 1. The summed E-state index contributed by atoms with van der Waals surface area (Å²) in [7, 11) is -3.82. The van der Waals surface area contributed by atoms with Crippen molar-refractivity contribution in [1.82, 2.24) is 0 Å². The summed E-state index contributed by atoms with van der Waals surface area (Å²) in [4.78, 5) is 2.79. The van der Waals surface area contributed by atoms with Crippen LogP contribution in [-0.4, -0.2) is 37.1 Å². The molecule has 2 aliphatic rings. The molecule has 0 spiro atoms. The van der Waals surface area contributed by atoms with Gasteiger partial charge in [-0.25, -0.2) is 18.5 Å². The highest BCUT2D eigenvalue weighted by molar-refractivity contribution is 7.90. The first-order valence-corrected chi connectivity index (χ1v) is 7.11. The SMILES string of the molecule is CC1CN=C(C2(Cl)C=CC=CC2S(N)(=O)=O)O1. The fourth-order valence-electron chi connectivity index (χ4n) is 1.83. The molecular formula is C10H13ClN2O3S. The second-order valence-electron chi connectivity index (χ2n) is 4.10. The molecule has 0 fully saturated rings. The van der Waals surface area contributed by atoms with Crippen molar-refractivity contribution < 1.29 is 13.2 Å². The van der Waals surface area contributed by atoms with Gasteiger partial charge in [0.1, 0.15) is 11.4 Å². The van der Waals surface area contributed by atoms with Gasteiger partial charge in [0.25, 0.3) is 0 Å². The van der Waals surface area contributed by atoms with Crippen molar-refractivity contribution in [2.75, 3.05) is 6.54 Å². The molecule has 7 heteroatoms. The van der Waals surface area contributed by atoms with E-state index in [0.29, 0.717) is 6.54 Å². The molecule has 0 amide bonds. The summed E-state index contributed by atoms with van der Waals surface area (Å²) in [5, 5.41) is 4.12. The van der Waals surface area contributed by atoms with Gasteiger partial charge in [0.2, 0.25) is 15.9 Å². The smallest absolute Gasteiger partial charge is 0.218 e. The van der Waals surface area contributed by atoms with Gasteiger partial charge in [-0.05, 0) is 6.92 Å². The van der Waals surface area contributed by atoms with E-state index in [2.05, 4.69) is 4.99 Å². The van der Waals surface area contributed by atoms with Crippen LogP contribution in [-0.2, 0) is 14.8 Å². The van der Waals surface area contributed by atoms with Gasteiger partial charge in [0.15, 0.2) is 4.87 Å². The topological polar surface area (TPSA) is 81.8 Å². The highest BCUT2D eigenvalue weighted by Crippen LogP contribution is 2.34. The van der Waals surface area contributed by atoms with Crippen molar-refractivity contribution in [3.63, 3.8) is 0 Å². The minimum absolute atomic E-state index is 0.0962. The van der Waals surface area contributed by atoms with Crippen LogP contribution in [0.5, 0.6) is 0 Å². The molecule has 1 heterocycles. The Balaban J connectivity index is 2.41. The van der Waals surface area contributed by atoms with Crippen molar-refractivity contribution in [3.05, 3.63) is 24.3 Å². The molecule has 0 saturated heterocycles. The van der Waals surface area contributed by atoms with Crippen molar-refractivity contribution >= 4 is 27.5 Å². The number of nitrogens with zero attached hydrogens (tertiary/aromatic N) is 1. The quantitative estimate of drug-likeness (QED) is 0.749. The summed E-state index contributed by atoms with van der Waals surface area (Å²) < 4.78 is 28.5. The number of alkyl halides is 1.